The second-order valence-electron chi connectivity index (χ2n) is 6.82. The quantitative estimate of drug-likeness (QED) is 0.556. The zero-order chi connectivity index (χ0) is 21.6. The highest BCUT2D eigenvalue weighted by molar-refractivity contribution is 6.31. The Balaban J connectivity index is 1.88. The van der Waals surface area contributed by atoms with Crippen molar-refractivity contribution in [1.29, 1.82) is 0 Å². The van der Waals surface area contributed by atoms with Gasteiger partial charge in [-0.05, 0) is 50.1 Å². The molecular formula is C21H25ClN4O3. The third-order valence-corrected chi connectivity index (χ3v) is 4.35. The molecule has 0 saturated heterocycles. The number of hydrogen-bond donors (Lipinski definition) is 4. The highest BCUT2D eigenvalue weighted by atomic mass is 35.5. The summed E-state index contributed by atoms with van der Waals surface area (Å²) < 4.78 is 0. The van der Waals surface area contributed by atoms with Gasteiger partial charge in [-0.25, -0.2) is 0 Å². The summed E-state index contributed by atoms with van der Waals surface area (Å²) in [6, 6.07) is 8.86. The van der Waals surface area contributed by atoms with Crippen LogP contribution in [0, 0.1) is 20.8 Å². The second-order valence-corrected chi connectivity index (χ2v) is 7.26. The maximum Gasteiger partial charge on any atom is 0.243 e. The standard InChI is InChI=1S/C21H25ClN4O3/c1-12-7-13(2)21(14(3)8-12)26-20(29)11-24-19(28)10-23-18-9-16(22)5-6-17(18)25-15(4)27/h5-9,23H,10-11H2,1-4H3,(H,24,28)(H,25,27)(H,26,29). The van der Waals surface area contributed by atoms with Crippen LogP contribution < -0.4 is 21.3 Å². The van der Waals surface area contributed by atoms with Crippen molar-refractivity contribution in [2.45, 2.75) is 27.7 Å². The molecule has 0 aliphatic rings. The number of carbonyl (C=O) groups excluding carboxylic acids is 3. The predicted octanol–water partition coefficient (Wildman–Crippen LogP) is 3.39. The summed E-state index contributed by atoms with van der Waals surface area (Å²) in [6.07, 6.45) is 0. The van der Waals surface area contributed by atoms with E-state index in [-0.39, 0.29) is 30.8 Å². The molecule has 3 amide bonds. The van der Waals surface area contributed by atoms with Crippen LogP contribution in [0.25, 0.3) is 0 Å². The van der Waals surface area contributed by atoms with E-state index >= 15 is 0 Å². The zero-order valence-corrected chi connectivity index (χ0v) is 17.7. The van der Waals surface area contributed by atoms with Gasteiger partial charge in [-0.15, -0.1) is 0 Å². The summed E-state index contributed by atoms with van der Waals surface area (Å²) in [5.74, 6) is -0.917. The molecule has 0 spiro atoms. The van der Waals surface area contributed by atoms with Crippen LogP contribution in [0.2, 0.25) is 5.02 Å². The SMILES string of the molecule is CC(=O)Nc1ccc(Cl)cc1NCC(=O)NCC(=O)Nc1c(C)cc(C)cc1C. The molecule has 8 heteroatoms. The minimum absolute atomic E-state index is 0.0806. The summed E-state index contributed by atoms with van der Waals surface area (Å²) in [5, 5.41) is 11.4. The Morgan fingerprint density at radius 3 is 2.14 bits per heavy atom. The number of rotatable bonds is 7. The fraction of sp³-hybridized carbons (Fsp3) is 0.286. The minimum atomic E-state index is -0.369. The molecule has 0 aromatic heterocycles. The maximum absolute atomic E-state index is 12.2. The molecule has 2 aromatic carbocycles. The van der Waals surface area contributed by atoms with E-state index in [2.05, 4.69) is 21.3 Å². The number of halogens is 1. The van der Waals surface area contributed by atoms with E-state index < -0.39 is 0 Å². The molecule has 0 unspecified atom stereocenters. The van der Waals surface area contributed by atoms with Gasteiger partial charge in [0.25, 0.3) is 0 Å². The topological polar surface area (TPSA) is 99.3 Å². The minimum Gasteiger partial charge on any atom is -0.374 e. The Morgan fingerprint density at radius 2 is 1.52 bits per heavy atom. The van der Waals surface area contributed by atoms with Crippen molar-refractivity contribution in [1.82, 2.24) is 5.32 Å². The number of anilines is 3. The number of hydrogen-bond acceptors (Lipinski definition) is 4. The van der Waals surface area contributed by atoms with Gasteiger partial charge in [-0.1, -0.05) is 29.3 Å². The number of carbonyl (C=O) groups is 3. The third-order valence-electron chi connectivity index (χ3n) is 4.12. The highest BCUT2D eigenvalue weighted by Gasteiger charge is 2.11. The Hall–Kier alpha value is -3.06. The second kappa shape index (κ2) is 9.93. The van der Waals surface area contributed by atoms with Crippen LogP contribution >= 0.6 is 11.6 Å². The fourth-order valence-electron chi connectivity index (χ4n) is 2.94. The van der Waals surface area contributed by atoms with Crippen LogP contribution in [-0.2, 0) is 14.4 Å². The smallest absolute Gasteiger partial charge is 0.243 e. The maximum atomic E-state index is 12.2. The monoisotopic (exact) mass is 416 g/mol. The first kappa shape index (κ1) is 22.2. The van der Waals surface area contributed by atoms with E-state index in [1.165, 1.54) is 6.92 Å². The van der Waals surface area contributed by atoms with Gasteiger partial charge in [-0.3, -0.25) is 14.4 Å². The van der Waals surface area contributed by atoms with Crippen LogP contribution in [0.1, 0.15) is 23.6 Å². The molecule has 0 bridgehead atoms. The fourth-order valence-corrected chi connectivity index (χ4v) is 3.11. The average Bonchev–Trinajstić information content (AvgIpc) is 2.62. The molecule has 2 aromatic rings. The molecule has 7 nitrogen and oxygen atoms in total. The molecule has 0 heterocycles. The first-order chi connectivity index (χ1) is 13.7. The molecule has 154 valence electrons. The van der Waals surface area contributed by atoms with Crippen molar-refractivity contribution in [3.8, 4) is 0 Å². The van der Waals surface area contributed by atoms with Gasteiger partial charge in [0.1, 0.15) is 0 Å². The first-order valence-corrected chi connectivity index (χ1v) is 9.49. The summed E-state index contributed by atoms with van der Waals surface area (Å²) >= 11 is 5.98. The van der Waals surface area contributed by atoms with Crippen LogP contribution in [0.3, 0.4) is 0 Å². The molecule has 0 radical (unpaired) electrons. The Morgan fingerprint density at radius 1 is 0.862 bits per heavy atom. The molecule has 4 N–H and O–H groups in total. The molecule has 2 rings (SSSR count). The molecule has 0 aliphatic heterocycles. The van der Waals surface area contributed by atoms with E-state index in [9.17, 15) is 14.4 Å². The van der Waals surface area contributed by atoms with E-state index in [1.807, 2.05) is 32.9 Å². The van der Waals surface area contributed by atoms with Gasteiger partial charge in [0, 0.05) is 17.6 Å². The molecule has 0 fully saturated rings. The molecular weight excluding hydrogens is 392 g/mol. The Labute approximate surface area is 175 Å². The molecule has 0 saturated carbocycles. The van der Waals surface area contributed by atoms with Gasteiger partial charge < -0.3 is 21.3 Å². The van der Waals surface area contributed by atoms with Crippen LogP contribution in [0.4, 0.5) is 17.1 Å². The zero-order valence-electron chi connectivity index (χ0n) is 16.9. The van der Waals surface area contributed by atoms with Crippen LogP contribution in [0.15, 0.2) is 30.3 Å². The Bertz CT molecular complexity index is 921. The largest absolute Gasteiger partial charge is 0.374 e. The summed E-state index contributed by atoms with van der Waals surface area (Å²) in [6.45, 7) is 7.01. The average molecular weight is 417 g/mol. The van der Waals surface area contributed by atoms with Gasteiger partial charge >= 0.3 is 0 Å². The lowest BCUT2D eigenvalue weighted by Gasteiger charge is -2.14. The third kappa shape index (κ3) is 6.80. The number of aryl methyl sites for hydroxylation is 3. The number of nitrogens with one attached hydrogen (secondary N) is 4. The normalized spacial score (nSPS) is 10.2. The van der Waals surface area contributed by atoms with E-state index in [4.69, 9.17) is 11.6 Å². The van der Waals surface area contributed by atoms with Crippen molar-refractivity contribution in [2.24, 2.45) is 0 Å². The number of benzene rings is 2. The van der Waals surface area contributed by atoms with Crippen molar-refractivity contribution >= 4 is 46.4 Å². The molecule has 29 heavy (non-hydrogen) atoms. The van der Waals surface area contributed by atoms with E-state index in [0.29, 0.717) is 16.4 Å². The summed E-state index contributed by atoms with van der Waals surface area (Å²) in [4.78, 5) is 35.6. The van der Waals surface area contributed by atoms with Crippen LogP contribution in [0.5, 0.6) is 0 Å². The summed E-state index contributed by atoms with van der Waals surface area (Å²) in [7, 11) is 0. The van der Waals surface area contributed by atoms with Crippen molar-refractivity contribution < 1.29 is 14.4 Å². The van der Waals surface area contributed by atoms with E-state index in [0.717, 1.165) is 22.4 Å². The Kier molecular flexibility index (Phi) is 7.61. The van der Waals surface area contributed by atoms with Crippen molar-refractivity contribution in [3.63, 3.8) is 0 Å². The molecule has 0 atom stereocenters. The van der Waals surface area contributed by atoms with Crippen molar-refractivity contribution in [3.05, 3.63) is 52.0 Å². The summed E-state index contributed by atoms with van der Waals surface area (Å²) in [5.41, 5.74) is 4.84. The van der Waals surface area contributed by atoms with E-state index in [1.54, 1.807) is 18.2 Å². The van der Waals surface area contributed by atoms with Gasteiger partial charge in [0.15, 0.2) is 0 Å². The lowest BCUT2D eigenvalue weighted by Crippen LogP contribution is -2.36. The molecule has 0 aliphatic carbocycles. The first-order valence-electron chi connectivity index (χ1n) is 9.11. The number of amides is 3. The van der Waals surface area contributed by atoms with Crippen molar-refractivity contribution in [2.75, 3.05) is 29.0 Å². The van der Waals surface area contributed by atoms with Gasteiger partial charge in [0.05, 0.1) is 24.5 Å². The van der Waals surface area contributed by atoms with Crippen LogP contribution in [-0.4, -0.2) is 30.8 Å². The lowest BCUT2D eigenvalue weighted by molar-refractivity contribution is -0.122. The lowest BCUT2D eigenvalue weighted by atomic mass is 10.1. The predicted molar refractivity (Wildman–Crippen MR) is 117 cm³/mol. The highest BCUT2D eigenvalue weighted by Crippen LogP contribution is 2.25. The van der Waals surface area contributed by atoms with Gasteiger partial charge in [-0.2, -0.15) is 0 Å². The van der Waals surface area contributed by atoms with Gasteiger partial charge in [0.2, 0.25) is 17.7 Å².